The molecule has 35 heavy (non-hydrogen) atoms. The van der Waals surface area contributed by atoms with Crippen molar-refractivity contribution in [3.05, 3.63) is 64.5 Å². The van der Waals surface area contributed by atoms with Crippen molar-refractivity contribution >= 4 is 0 Å². The van der Waals surface area contributed by atoms with Crippen molar-refractivity contribution in [2.75, 3.05) is 0 Å². The van der Waals surface area contributed by atoms with Gasteiger partial charge in [-0.15, -0.1) is 13.2 Å². The summed E-state index contributed by atoms with van der Waals surface area (Å²) in [6.45, 7) is 4.33. The van der Waals surface area contributed by atoms with Gasteiger partial charge in [-0.3, -0.25) is 0 Å². The molecule has 0 saturated heterocycles. The number of hydrogen-bond acceptors (Lipinski definition) is 1. The molecule has 2 aromatic carbocycles. The number of hydrogen-bond donors (Lipinski definition) is 0. The third-order valence-electron chi connectivity index (χ3n) is 6.81. The molecule has 2 aromatic rings. The van der Waals surface area contributed by atoms with Gasteiger partial charge in [0, 0.05) is 5.56 Å². The van der Waals surface area contributed by atoms with Crippen LogP contribution >= 0.6 is 0 Å². The second-order valence-corrected chi connectivity index (χ2v) is 9.48. The molecule has 1 nitrogen and oxygen atoms in total. The lowest BCUT2D eigenvalue weighted by atomic mass is 9.73. The van der Waals surface area contributed by atoms with Gasteiger partial charge in [0.2, 0.25) is 0 Å². The van der Waals surface area contributed by atoms with E-state index in [1.165, 1.54) is 44.2 Å². The second kappa shape index (κ2) is 11.9. The lowest BCUT2D eigenvalue weighted by molar-refractivity contribution is -0.275. The summed E-state index contributed by atoms with van der Waals surface area (Å²) in [4.78, 5) is 0. The molecule has 0 amide bonds. The van der Waals surface area contributed by atoms with Crippen LogP contribution < -0.4 is 4.74 Å². The van der Waals surface area contributed by atoms with Crippen LogP contribution in [-0.2, 0) is 6.42 Å². The van der Waals surface area contributed by atoms with Crippen molar-refractivity contribution in [2.45, 2.75) is 71.6 Å². The Balaban J connectivity index is 1.65. The Morgan fingerprint density at radius 1 is 0.943 bits per heavy atom. The van der Waals surface area contributed by atoms with Gasteiger partial charge >= 0.3 is 6.36 Å². The Morgan fingerprint density at radius 3 is 2.17 bits per heavy atom. The van der Waals surface area contributed by atoms with E-state index in [0.29, 0.717) is 23.8 Å². The van der Waals surface area contributed by atoms with Gasteiger partial charge in [-0.25, -0.2) is 13.2 Å². The summed E-state index contributed by atoms with van der Waals surface area (Å²) in [6.07, 6.45) is 4.03. The largest absolute Gasteiger partial charge is 0.573 e. The standard InChI is InChI=1S/C28H30F6O/c1-3-4-5-19-6-10-22(11-7-19)18(2)14-21-16-24(29)23(25(30)17-21)12-8-20-9-13-27(26(31)15-20)35-28(32,33)34/h9,13,15-19,22H,3-7,10-11,14H2,1-2H3. The zero-order valence-corrected chi connectivity index (χ0v) is 20.0. The summed E-state index contributed by atoms with van der Waals surface area (Å²) in [7, 11) is 0. The lowest BCUT2D eigenvalue weighted by Crippen LogP contribution is -2.21. The highest BCUT2D eigenvalue weighted by molar-refractivity contribution is 5.46. The lowest BCUT2D eigenvalue weighted by Gasteiger charge is -2.32. The highest BCUT2D eigenvalue weighted by atomic mass is 19.4. The molecule has 0 aliphatic heterocycles. The molecule has 1 aliphatic rings. The number of rotatable bonds is 7. The fourth-order valence-electron chi connectivity index (χ4n) is 4.86. The van der Waals surface area contributed by atoms with Crippen molar-refractivity contribution in [2.24, 2.45) is 17.8 Å². The zero-order valence-electron chi connectivity index (χ0n) is 20.0. The van der Waals surface area contributed by atoms with E-state index >= 15 is 0 Å². The minimum absolute atomic E-state index is 0.0388. The van der Waals surface area contributed by atoms with E-state index in [1.807, 2.05) is 0 Å². The molecule has 0 aromatic heterocycles. The molecule has 0 N–H and O–H groups in total. The molecular weight excluding hydrogens is 466 g/mol. The molecule has 1 unspecified atom stereocenters. The highest BCUT2D eigenvalue weighted by Gasteiger charge is 2.32. The molecule has 0 heterocycles. The second-order valence-electron chi connectivity index (χ2n) is 9.48. The Morgan fingerprint density at radius 2 is 1.60 bits per heavy atom. The fourth-order valence-corrected chi connectivity index (χ4v) is 4.86. The Hall–Kier alpha value is -2.62. The van der Waals surface area contributed by atoms with Crippen molar-refractivity contribution in [3.8, 4) is 17.6 Å². The predicted molar refractivity (Wildman–Crippen MR) is 123 cm³/mol. The first-order chi connectivity index (χ1) is 16.6. The minimum Gasteiger partial charge on any atom is -0.403 e. The highest BCUT2D eigenvalue weighted by Crippen LogP contribution is 2.37. The molecule has 190 valence electrons. The maximum Gasteiger partial charge on any atom is 0.573 e. The summed E-state index contributed by atoms with van der Waals surface area (Å²) < 4.78 is 83.4. The molecule has 1 aliphatic carbocycles. The minimum atomic E-state index is -5.03. The molecule has 1 saturated carbocycles. The van der Waals surface area contributed by atoms with Crippen LogP contribution in [0.3, 0.4) is 0 Å². The monoisotopic (exact) mass is 496 g/mol. The number of ether oxygens (including phenoxy) is 1. The van der Waals surface area contributed by atoms with E-state index in [2.05, 4.69) is 30.4 Å². The van der Waals surface area contributed by atoms with Crippen LogP contribution in [-0.4, -0.2) is 6.36 Å². The third kappa shape index (κ3) is 7.95. The predicted octanol–water partition coefficient (Wildman–Crippen LogP) is 8.58. The number of alkyl halides is 3. The first-order valence-electron chi connectivity index (χ1n) is 12.1. The molecule has 0 bridgehead atoms. The Bertz CT molecular complexity index is 1030. The molecule has 3 rings (SSSR count). The zero-order chi connectivity index (χ0) is 25.6. The van der Waals surface area contributed by atoms with Crippen LogP contribution in [0.25, 0.3) is 0 Å². The number of unbranched alkanes of at least 4 members (excludes halogenated alkanes) is 1. The van der Waals surface area contributed by atoms with Gasteiger partial charge in [0.25, 0.3) is 0 Å². The van der Waals surface area contributed by atoms with Gasteiger partial charge in [0.1, 0.15) is 11.6 Å². The molecule has 0 radical (unpaired) electrons. The Kier molecular flexibility index (Phi) is 9.15. The first kappa shape index (κ1) is 27.0. The number of benzene rings is 2. The van der Waals surface area contributed by atoms with Gasteiger partial charge in [0.15, 0.2) is 11.6 Å². The summed E-state index contributed by atoms with van der Waals surface area (Å²) >= 11 is 0. The van der Waals surface area contributed by atoms with Crippen molar-refractivity contribution < 1.29 is 31.1 Å². The van der Waals surface area contributed by atoms with E-state index in [4.69, 9.17) is 0 Å². The third-order valence-corrected chi connectivity index (χ3v) is 6.81. The van der Waals surface area contributed by atoms with Crippen LogP contribution in [0.15, 0.2) is 30.3 Å². The Labute approximate surface area is 202 Å². The van der Waals surface area contributed by atoms with E-state index < -0.39 is 35.1 Å². The normalized spacial score (nSPS) is 19.1. The van der Waals surface area contributed by atoms with Gasteiger partial charge in [-0.2, -0.15) is 0 Å². The average Bonchev–Trinajstić information content (AvgIpc) is 2.78. The summed E-state index contributed by atoms with van der Waals surface area (Å²) in [6, 6.07) is 5.12. The van der Waals surface area contributed by atoms with Crippen LogP contribution in [0.5, 0.6) is 5.75 Å². The van der Waals surface area contributed by atoms with E-state index in [-0.39, 0.29) is 5.56 Å². The van der Waals surface area contributed by atoms with Crippen molar-refractivity contribution in [1.29, 1.82) is 0 Å². The van der Waals surface area contributed by atoms with E-state index in [1.54, 1.807) is 0 Å². The van der Waals surface area contributed by atoms with Crippen LogP contribution in [0.4, 0.5) is 26.3 Å². The van der Waals surface area contributed by atoms with Gasteiger partial charge in [-0.05, 0) is 72.9 Å². The van der Waals surface area contributed by atoms with E-state index in [9.17, 15) is 26.3 Å². The van der Waals surface area contributed by atoms with Gasteiger partial charge in [-0.1, -0.05) is 57.8 Å². The van der Waals surface area contributed by atoms with Gasteiger partial charge < -0.3 is 4.74 Å². The van der Waals surface area contributed by atoms with Crippen LogP contribution in [0, 0.1) is 47.0 Å². The van der Waals surface area contributed by atoms with Gasteiger partial charge in [0.05, 0.1) is 5.56 Å². The van der Waals surface area contributed by atoms with Crippen molar-refractivity contribution in [1.82, 2.24) is 0 Å². The SMILES string of the molecule is CCCCC1CCC(C(C)Cc2cc(F)c(C#Cc3ccc(OC(F)(F)F)c(F)c3)c(F)c2)CC1. The maximum atomic E-state index is 14.6. The quantitative estimate of drug-likeness (QED) is 0.276. The van der Waals surface area contributed by atoms with Crippen LogP contribution in [0.1, 0.15) is 75.5 Å². The average molecular weight is 497 g/mol. The number of halogens is 6. The molecule has 0 spiro atoms. The molecule has 1 atom stereocenters. The maximum absolute atomic E-state index is 14.6. The first-order valence-corrected chi connectivity index (χ1v) is 12.1. The smallest absolute Gasteiger partial charge is 0.403 e. The fraction of sp³-hybridized carbons (Fsp3) is 0.500. The molecule has 1 fully saturated rings. The summed E-state index contributed by atoms with van der Waals surface area (Å²) in [5, 5.41) is 0. The molecular formula is C28H30F6O. The summed E-state index contributed by atoms with van der Waals surface area (Å²) in [5.41, 5.74) is 0.0581. The topological polar surface area (TPSA) is 9.23 Å². The molecule has 7 heteroatoms. The van der Waals surface area contributed by atoms with Crippen molar-refractivity contribution in [3.63, 3.8) is 0 Å². The van der Waals surface area contributed by atoms with Crippen LogP contribution in [0.2, 0.25) is 0 Å². The van der Waals surface area contributed by atoms with E-state index in [0.717, 1.165) is 37.0 Å². The summed E-state index contributed by atoms with van der Waals surface area (Å²) in [5.74, 6) is 2.44.